The van der Waals surface area contributed by atoms with Crippen LogP contribution in [0.4, 0.5) is 0 Å². The maximum Gasteiger partial charge on any atom is 0.0515 e. The van der Waals surface area contributed by atoms with Gasteiger partial charge in [0.05, 0.1) is 6.10 Å². The number of rotatable bonds is 4. The summed E-state index contributed by atoms with van der Waals surface area (Å²) in [6.45, 7) is 4.11. The Morgan fingerprint density at radius 1 is 1.38 bits per heavy atom. The predicted molar refractivity (Wildman–Crippen MR) is 66.7 cm³/mol. The topological polar surface area (TPSA) is 32.3 Å². The predicted octanol–water partition coefficient (Wildman–Crippen LogP) is 2.08. The van der Waals surface area contributed by atoms with Crippen molar-refractivity contribution < 1.29 is 5.11 Å². The molecule has 1 aromatic carbocycles. The van der Waals surface area contributed by atoms with Gasteiger partial charge in [0.1, 0.15) is 0 Å². The molecule has 0 saturated carbocycles. The van der Waals surface area contributed by atoms with Gasteiger partial charge in [-0.15, -0.1) is 0 Å². The molecular weight excluding hydrogens is 198 g/mol. The molecule has 1 aliphatic rings. The normalized spacial score (nSPS) is 22.2. The minimum atomic E-state index is -0.196. The Morgan fingerprint density at radius 2 is 2.12 bits per heavy atom. The zero-order valence-electron chi connectivity index (χ0n) is 9.95. The lowest BCUT2D eigenvalue weighted by molar-refractivity contribution is 0.185. The van der Waals surface area contributed by atoms with E-state index in [9.17, 15) is 5.11 Å². The first kappa shape index (κ1) is 11.6. The lowest BCUT2D eigenvalue weighted by Gasteiger charge is -2.10. The standard InChI is InChI=1S/C14H21NO/c1-11(16)2-3-12-4-6-13(7-5-12)14-8-9-15-10-14/h4-7,11,14-16H,2-3,8-10H2,1H3. The Morgan fingerprint density at radius 3 is 2.69 bits per heavy atom. The fraction of sp³-hybridized carbons (Fsp3) is 0.571. The Hall–Kier alpha value is -0.860. The second kappa shape index (κ2) is 5.46. The van der Waals surface area contributed by atoms with Gasteiger partial charge in [-0.25, -0.2) is 0 Å². The van der Waals surface area contributed by atoms with E-state index in [0.717, 1.165) is 25.9 Å². The van der Waals surface area contributed by atoms with Gasteiger partial charge in [0.15, 0.2) is 0 Å². The van der Waals surface area contributed by atoms with E-state index in [0.29, 0.717) is 5.92 Å². The summed E-state index contributed by atoms with van der Waals surface area (Å²) >= 11 is 0. The van der Waals surface area contributed by atoms with Gasteiger partial charge in [0, 0.05) is 6.54 Å². The molecule has 1 heterocycles. The van der Waals surface area contributed by atoms with Crippen LogP contribution in [0.3, 0.4) is 0 Å². The molecule has 0 radical (unpaired) electrons. The lowest BCUT2D eigenvalue weighted by Crippen LogP contribution is -2.08. The van der Waals surface area contributed by atoms with Gasteiger partial charge < -0.3 is 10.4 Å². The highest BCUT2D eigenvalue weighted by Gasteiger charge is 2.15. The number of hydrogen-bond acceptors (Lipinski definition) is 2. The van der Waals surface area contributed by atoms with E-state index < -0.39 is 0 Å². The number of aliphatic hydroxyl groups is 1. The molecule has 2 rings (SSSR count). The minimum absolute atomic E-state index is 0.196. The SMILES string of the molecule is CC(O)CCc1ccc(C2CCNC2)cc1. The molecule has 0 aliphatic carbocycles. The van der Waals surface area contributed by atoms with Crippen LogP contribution in [0.15, 0.2) is 24.3 Å². The van der Waals surface area contributed by atoms with Crippen LogP contribution < -0.4 is 5.32 Å². The second-order valence-corrected chi connectivity index (χ2v) is 4.82. The second-order valence-electron chi connectivity index (χ2n) is 4.82. The van der Waals surface area contributed by atoms with E-state index in [2.05, 4.69) is 29.6 Å². The fourth-order valence-electron chi connectivity index (χ4n) is 2.27. The number of hydrogen-bond donors (Lipinski definition) is 2. The third-order valence-electron chi connectivity index (χ3n) is 3.36. The van der Waals surface area contributed by atoms with Gasteiger partial charge in [0.2, 0.25) is 0 Å². The number of nitrogens with one attached hydrogen (secondary N) is 1. The van der Waals surface area contributed by atoms with Gasteiger partial charge in [0.25, 0.3) is 0 Å². The number of aryl methyl sites for hydroxylation is 1. The maximum atomic E-state index is 9.23. The Bertz CT molecular complexity index is 312. The summed E-state index contributed by atoms with van der Waals surface area (Å²) in [5.74, 6) is 0.700. The van der Waals surface area contributed by atoms with Crippen LogP contribution in [0.5, 0.6) is 0 Å². The molecular formula is C14H21NO. The Kier molecular flexibility index (Phi) is 3.97. The van der Waals surface area contributed by atoms with E-state index >= 15 is 0 Å². The average Bonchev–Trinajstić information content (AvgIpc) is 2.80. The first-order valence-electron chi connectivity index (χ1n) is 6.23. The van der Waals surface area contributed by atoms with Crippen molar-refractivity contribution in [2.24, 2.45) is 0 Å². The van der Waals surface area contributed by atoms with Crippen molar-refractivity contribution in [2.75, 3.05) is 13.1 Å². The summed E-state index contributed by atoms with van der Waals surface area (Å²) in [6, 6.07) is 8.90. The highest BCUT2D eigenvalue weighted by atomic mass is 16.3. The van der Waals surface area contributed by atoms with E-state index in [1.165, 1.54) is 17.5 Å². The molecule has 2 nitrogen and oxygen atoms in total. The van der Waals surface area contributed by atoms with Crippen LogP contribution in [0.25, 0.3) is 0 Å². The van der Waals surface area contributed by atoms with Crippen molar-refractivity contribution in [3.05, 3.63) is 35.4 Å². The monoisotopic (exact) mass is 219 g/mol. The van der Waals surface area contributed by atoms with Crippen LogP contribution in [0.2, 0.25) is 0 Å². The van der Waals surface area contributed by atoms with Crippen molar-refractivity contribution in [3.8, 4) is 0 Å². The maximum absolute atomic E-state index is 9.23. The van der Waals surface area contributed by atoms with Gasteiger partial charge >= 0.3 is 0 Å². The fourth-order valence-corrected chi connectivity index (χ4v) is 2.27. The zero-order valence-corrected chi connectivity index (χ0v) is 9.95. The Balaban J connectivity index is 1.93. The summed E-state index contributed by atoms with van der Waals surface area (Å²) in [6.07, 6.45) is 2.89. The molecule has 0 spiro atoms. The smallest absolute Gasteiger partial charge is 0.0515 e. The minimum Gasteiger partial charge on any atom is -0.393 e. The third-order valence-corrected chi connectivity index (χ3v) is 3.36. The third kappa shape index (κ3) is 3.06. The first-order chi connectivity index (χ1) is 7.75. The Labute approximate surface area is 97.7 Å². The molecule has 2 N–H and O–H groups in total. The van der Waals surface area contributed by atoms with Gasteiger partial charge in [-0.1, -0.05) is 24.3 Å². The summed E-state index contributed by atoms with van der Waals surface area (Å²) in [5.41, 5.74) is 2.78. The molecule has 88 valence electrons. The van der Waals surface area contributed by atoms with Crippen LogP contribution in [0, 0.1) is 0 Å². The molecule has 1 saturated heterocycles. The van der Waals surface area contributed by atoms with Crippen molar-refractivity contribution in [2.45, 2.75) is 38.2 Å². The highest BCUT2D eigenvalue weighted by molar-refractivity contribution is 5.26. The van der Waals surface area contributed by atoms with Crippen molar-refractivity contribution in [1.29, 1.82) is 0 Å². The largest absolute Gasteiger partial charge is 0.393 e. The van der Waals surface area contributed by atoms with E-state index in [-0.39, 0.29) is 6.10 Å². The van der Waals surface area contributed by atoms with Gasteiger partial charge in [-0.05, 0) is 49.8 Å². The average molecular weight is 219 g/mol. The number of aliphatic hydroxyl groups excluding tert-OH is 1. The molecule has 0 bridgehead atoms. The molecule has 0 amide bonds. The molecule has 1 aromatic rings. The van der Waals surface area contributed by atoms with E-state index in [4.69, 9.17) is 0 Å². The summed E-state index contributed by atoms with van der Waals surface area (Å²) < 4.78 is 0. The lowest BCUT2D eigenvalue weighted by atomic mass is 9.96. The summed E-state index contributed by atoms with van der Waals surface area (Å²) in [4.78, 5) is 0. The highest BCUT2D eigenvalue weighted by Crippen LogP contribution is 2.22. The molecule has 2 unspecified atom stereocenters. The van der Waals surface area contributed by atoms with Crippen molar-refractivity contribution in [3.63, 3.8) is 0 Å². The van der Waals surface area contributed by atoms with E-state index in [1.807, 2.05) is 6.92 Å². The summed E-state index contributed by atoms with van der Waals surface area (Å²) in [7, 11) is 0. The van der Waals surface area contributed by atoms with Crippen LogP contribution >= 0.6 is 0 Å². The molecule has 16 heavy (non-hydrogen) atoms. The van der Waals surface area contributed by atoms with Crippen LogP contribution in [-0.2, 0) is 6.42 Å². The van der Waals surface area contributed by atoms with Crippen molar-refractivity contribution >= 4 is 0 Å². The van der Waals surface area contributed by atoms with Crippen molar-refractivity contribution in [1.82, 2.24) is 5.32 Å². The van der Waals surface area contributed by atoms with Crippen LogP contribution in [0.1, 0.15) is 36.8 Å². The van der Waals surface area contributed by atoms with Gasteiger partial charge in [-0.2, -0.15) is 0 Å². The number of benzene rings is 1. The molecule has 0 aromatic heterocycles. The quantitative estimate of drug-likeness (QED) is 0.812. The molecule has 2 atom stereocenters. The van der Waals surface area contributed by atoms with Crippen LogP contribution in [-0.4, -0.2) is 24.3 Å². The zero-order chi connectivity index (χ0) is 11.4. The first-order valence-corrected chi connectivity index (χ1v) is 6.23. The molecule has 1 aliphatic heterocycles. The molecule has 2 heteroatoms. The van der Waals surface area contributed by atoms with Gasteiger partial charge in [-0.3, -0.25) is 0 Å². The molecule has 1 fully saturated rings. The van der Waals surface area contributed by atoms with E-state index in [1.54, 1.807) is 0 Å². The summed E-state index contributed by atoms with van der Waals surface area (Å²) in [5, 5.41) is 12.6.